The van der Waals surface area contributed by atoms with Gasteiger partial charge in [0.15, 0.2) is 0 Å². The molecule has 2 aromatic carbocycles. The van der Waals surface area contributed by atoms with Gasteiger partial charge in [-0.3, -0.25) is 4.90 Å². The summed E-state index contributed by atoms with van der Waals surface area (Å²) in [4.78, 5) is 13.3. The fourth-order valence-electron chi connectivity index (χ4n) is 2.62. The Bertz CT molecular complexity index is 770. The molecule has 4 nitrogen and oxygen atoms in total. The molecule has 0 saturated carbocycles. The number of amides is 1. The van der Waals surface area contributed by atoms with E-state index in [0.717, 1.165) is 17.3 Å². The topological polar surface area (TPSA) is 41.6 Å². The maximum Gasteiger partial charge on any atom is 0.414 e. The van der Waals surface area contributed by atoms with E-state index in [-0.39, 0.29) is 0 Å². The zero-order valence-corrected chi connectivity index (χ0v) is 13.0. The van der Waals surface area contributed by atoms with Gasteiger partial charge < -0.3 is 10.1 Å². The van der Waals surface area contributed by atoms with E-state index < -0.39 is 23.3 Å². The molecule has 2 aromatic rings. The van der Waals surface area contributed by atoms with Gasteiger partial charge in [0.25, 0.3) is 0 Å². The Morgan fingerprint density at radius 3 is 2.35 bits per heavy atom. The molecule has 0 spiro atoms. The van der Waals surface area contributed by atoms with Crippen molar-refractivity contribution < 1.29 is 18.3 Å². The Morgan fingerprint density at radius 2 is 1.70 bits per heavy atom. The second-order valence-corrected chi connectivity index (χ2v) is 5.95. The van der Waals surface area contributed by atoms with E-state index in [2.05, 4.69) is 5.32 Å². The van der Waals surface area contributed by atoms with Crippen LogP contribution in [0, 0.1) is 11.6 Å². The molecule has 3 rings (SSSR count). The van der Waals surface area contributed by atoms with Gasteiger partial charge >= 0.3 is 6.09 Å². The number of fused-ring (bicyclic) bond motifs is 1. The molecule has 1 N–H and O–H groups in total. The highest BCUT2D eigenvalue weighted by atomic mass is 19.1. The highest BCUT2D eigenvalue weighted by Gasteiger charge is 2.36. The molecule has 0 aliphatic carbocycles. The van der Waals surface area contributed by atoms with E-state index in [0.29, 0.717) is 11.4 Å². The summed E-state index contributed by atoms with van der Waals surface area (Å²) in [5.74, 6) is -1.31. The number of halogens is 2. The highest BCUT2D eigenvalue weighted by Crippen LogP contribution is 2.39. The van der Waals surface area contributed by atoms with Crippen molar-refractivity contribution in [1.29, 1.82) is 0 Å². The van der Waals surface area contributed by atoms with Crippen molar-refractivity contribution in [2.75, 3.05) is 17.3 Å². The minimum absolute atomic E-state index is 0.307. The summed E-state index contributed by atoms with van der Waals surface area (Å²) in [6.07, 6.45) is -0.421. The van der Waals surface area contributed by atoms with Crippen LogP contribution in [0.1, 0.15) is 19.4 Å². The van der Waals surface area contributed by atoms with Gasteiger partial charge in [-0.2, -0.15) is 0 Å². The largest absolute Gasteiger partial charge is 0.438 e. The maximum absolute atomic E-state index is 13.3. The first-order chi connectivity index (χ1) is 10.8. The summed E-state index contributed by atoms with van der Waals surface area (Å²) in [6.45, 7) is 3.59. The van der Waals surface area contributed by atoms with Crippen LogP contribution in [0.3, 0.4) is 0 Å². The SMILES string of the molecule is CN1C(=O)OC(C)(C)c2cc(Nc3cc(F)cc(F)c3)ccc21. The molecule has 0 radical (unpaired) electrons. The number of nitrogens with one attached hydrogen (secondary N) is 1. The van der Waals surface area contributed by atoms with Gasteiger partial charge in [-0.05, 0) is 44.2 Å². The molecule has 120 valence electrons. The van der Waals surface area contributed by atoms with Crippen molar-refractivity contribution in [3.05, 3.63) is 53.6 Å². The van der Waals surface area contributed by atoms with E-state index >= 15 is 0 Å². The van der Waals surface area contributed by atoms with E-state index in [9.17, 15) is 13.6 Å². The molecule has 23 heavy (non-hydrogen) atoms. The lowest BCUT2D eigenvalue weighted by atomic mass is 9.93. The van der Waals surface area contributed by atoms with Gasteiger partial charge in [-0.15, -0.1) is 0 Å². The predicted octanol–water partition coefficient (Wildman–Crippen LogP) is 4.53. The lowest BCUT2D eigenvalue weighted by Crippen LogP contribution is -2.41. The van der Waals surface area contributed by atoms with Crippen molar-refractivity contribution in [2.24, 2.45) is 0 Å². The number of carbonyl (C=O) groups excluding carboxylic acids is 1. The zero-order valence-electron chi connectivity index (χ0n) is 13.0. The average Bonchev–Trinajstić information content (AvgIpc) is 2.43. The lowest BCUT2D eigenvalue weighted by molar-refractivity contribution is 0.0362. The van der Waals surface area contributed by atoms with Gasteiger partial charge in [0.05, 0.1) is 5.69 Å². The summed E-state index contributed by atoms with van der Waals surface area (Å²) < 4.78 is 31.9. The van der Waals surface area contributed by atoms with E-state index in [1.165, 1.54) is 17.0 Å². The fraction of sp³-hybridized carbons (Fsp3) is 0.235. The molecule has 0 aromatic heterocycles. The highest BCUT2D eigenvalue weighted by molar-refractivity contribution is 5.91. The van der Waals surface area contributed by atoms with Crippen LogP contribution in [0.25, 0.3) is 0 Å². The van der Waals surface area contributed by atoms with Crippen molar-refractivity contribution in [3.8, 4) is 0 Å². The zero-order chi connectivity index (χ0) is 16.8. The van der Waals surface area contributed by atoms with Gasteiger partial charge in [0.1, 0.15) is 17.2 Å². The van der Waals surface area contributed by atoms with Crippen LogP contribution in [0.15, 0.2) is 36.4 Å². The average molecular weight is 318 g/mol. The number of hydrogen-bond acceptors (Lipinski definition) is 3. The minimum atomic E-state index is -0.788. The number of rotatable bonds is 2. The minimum Gasteiger partial charge on any atom is -0.438 e. The molecule has 0 atom stereocenters. The Balaban J connectivity index is 1.99. The lowest BCUT2D eigenvalue weighted by Gasteiger charge is -2.37. The number of nitrogens with zero attached hydrogens (tertiary/aromatic N) is 1. The van der Waals surface area contributed by atoms with Crippen molar-refractivity contribution in [1.82, 2.24) is 0 Å². The Hall–Kier alpha value is -2.63. The molecule has 0 fully saturated rings. The van der Waals surface area contributed by atoms with Crippen LogP contribution in [-0.2, 0) is 10.3 Å². The summed E-state index contributed by atoms with van der Waals surface area (Å²) in [5, 5.41) is 2.96. The Labute approximate surface area is 132 Å². The quantitative estimate of drug-likeness (QED) is 0.884. The summed E-state index contributed by atoms with van der Waals surface area (Å²) in [5.41, 5.74) is 1.71. The van der Waals surface area contributed by atoms with E-state index in [1.54, 1.807) is 39.1 Å². The molecule has 1 aliphatic rings. The Kier molecular flexibility index (Phi) is 3.47. The van der Waals surface area contributed by atoms with Gasteiger partial charge in [0, 0.05) is 30.1 Å². The number of cyclic esters (lactones) is 1. The van der Waals surface area contributed by atoms with Gasteiger partial charge in [0.2, 0.25) is 0 Å². The van der Waals surface area contributed by atoms with Gasteiger partial charge in [-0.1, -0.05) is 0 Å². The molecule has 1 heterocycles. The van der Waals surface area contributed by atoms with Crippen LogP contribution in [-0.4, -0.2) is 13.1 Å². The molecule has 6 heteroatoms. The molecule has 1 amide bonds. The predicted molar refractivity (Wildman–Crippen MR) is 84.0 cm³/mol. The second kappa shape index (κ2) is 5.22. The first kappa shape index (κ1) is 15.3. The molecule has 0 bridgehead atoms. The maximum atomic E-state index is 13.3. The molecule has 0 saturated heterocycles. The van der Waals surface area contributed by atoms with Crippen LogP contribution < -0.4 is 10.2 Å². The number of hydrogen-bond donors (Lipinski definition) is 1. The van der Waals surface area contributed by atoms with E-state index in [4.69, 9.17) is 4.74 Å². The third kappa shape index (κ3) is 2.84. The molecule has 1 aliphatic heterocycles. The normalized spacial score (nSPS) is 15.9. The van der Waals surface area contributed by atoms with Crippen molar-refractivity contribution in [2.45, 2.75) is 19.4 Å². The number of benzene rings is 2. The first-order valence-corrected chi connectivity index (χ1v) is 7.10. The molecular weight excluding hydrogens is 302 g/mol. The van der Waals surface area contributed by atoms with Crippen molar-refractivity contribution >= 4 is 23.2 Å². The van der Waals surface area contributed by atoms with Crippen LogP contribution in [0.4, 0.5) is 30.6 Å². The monoisotopic (exact) mass is 318 g/mol. The summed E-state index contributed by atoms with van der Waals surface area (Å²) in [7, 11) is 1.63. The second-order valence-electron chi connectivity index (χ2n) is 5.95. The Morgan fingerprint density at radius 1 is 1.04 bits per heavy atom. The third-order valence-corrected chi connectivity index (χ3v) is 3.77. The van der Waals surface area contributed by atoms with Crippen LogP contribution in [0.2, 0.25) is 0 Å². The van der Waals surface area contributed by atoms with E-state index in [1.807, 2.05) is 0 Å². The molecule has 0 unspecified atom stereocenters. The smallest absolute Gasteiger partial charge is 0.414 e. The summed E-state index contributed by atoms with van der Waals surface area (Å²) in [6, 6.07) is 8.55. The first-order valence-electron chi connectivity index (χ1n) is 7.10. The fourth-order valence-corrected chi connectivity index (χ4v) is 2.62. The van der Waals surface area contributed by atoms with Crippen LogP contribution >= 0.6 is 0 Å². The number of ether oxygens (including phenoxy) is 1. The van der Waals surface area contributed by atoms with Crippen molar-refractivity contribution in [3.63, 3.8) is 0 Å². The number of anilines is 3. The number of carbonyl (C=O) groups is 1. The standard InChI is InChI=1S/C17H16F2N2O2/c1-17(2)14-9-12(4-5-15(14)21(3)16(22)23-17)20-13-7-10(18)6-11(19)8-13/h4-9,20H,1-3H3. The van der Waals surface area contributed by atoms with Crippen LogP contribution in [0.5, 0.6) is 0 Å². The summed E-state index contributed by atoms with van der Waals surface area (Å²) >= 11 is 0. The van der Waals surface area contributed by atoms with Gasteiger partial charge in [-0.25, -0.2) is 13.6 Å². The molecular formula is C17H16F2N2O2. The third-order valence-electron chi connectivity index (χ3n) is 3.77.